The molecule has 1 aromatic carbocycles. The number of ether oxygens (including phenoxy) is 2. The first kappa shape index (κ1) is 14.8. The summed E-state index contributed by atoms with van der Waals surface area (Å²) in [6.45, 7) is 2.48. The first-order chi connectivity index (χ1) is 10.5. The lowest BCUT2D eigenvalue weighted by Gasteiger charge is -2.52. The van der Waals surface area contributed by atoms with Crippen LogP contribution in [0.5, 0.6) is 5.75 Å². The monoisotopic (exact) mass is 305 g/mol. The standard InChI is InChI=1S/C16H19NO5/c1-21-13-4-2-11(3-5-13)16(22-15(20)14(18)19)10-17-8-6-12(16)7-9-17/h2-5,12H,6-10H2,1H3,(H,18,19). The summed E-state index contributed by atoms with van der Waals surface area (Å²) >= 11 is 0. The fraction of sp³-hybridized carbons (Fsp3) is 0.500. The quantitative estimate of drug-likeness (QED) is 0.669. The molecule has 6 heteroatoms. The Morgan fingerprint density at radius 3 is 2.32 bits per heavy atom. The van der Waals surface area contributed by atoms with Crippen LogP contribution >= 0.6 is 0 Å². The van der Waals surface area contributed by atoms with Crippen molar-refractivity contribution in [1.29, 1.82) is 0 Å². The number of carboxylic acids is 1. The number of rotatable bonds is 3. The summed E-state index contributed by atoms with van der Waals surface area (Å²) < 4.78 is 10.7. The number of hydrogen-bond acceptors (Lipinski definition) is 5. The van der Waals surface area contributed by atoms with Gasteiger partial charge >= 0.3 is 11.9 Å². The van der Waals surface area contributed by atoms with E-state index in [1.165, 1.54) is 0 Å². The average molecular weight is 305 g/mol. The highest BCUT2D eigenvalue weighted by molar-refractivity contribution is 6.28. The summed E-state index contributed by atoms with van der Waals surface area (Å²) in [5.74, 6) is -1.88. The lowest BCUT2D eigenvalue weighted by Crippen LogP contribution is -2.59. The van der Waals surface area contributed by atoms with Crippen LogP contribution in [-0.2, 0) is 19.9 Å². The summed E-state index contributed by atoms with van der Waals surface area (Å²) in [4.78, 5) is 24.9. The third-order valence-electron chi connectivity index (χ3n) is 4.73. The van der Waals surface area contributed by atoms with Crippen LogP contribution in [0.2, 0.25) is 0 Å². The molecule has 3 aliphatic rings. The number of hydrogen-bond donors (Lipinski definition) is 1. The molecule has 1 N–H and O–H groups in total. The molecule has 0 saturated carbocycles. The van der Waals surface area contributed by atoms with Crippen LogP contribution in [0.4, 0.5) is 0 Å². The molecule has 3 saturated heterocycles. The van der Waals surface area contributed by atoms with Crippen LogP contribution in [0.15, 0.2) is 24.3 Å². The maximum absolute atomic E-state index is 11.7. The van der Waals surface area contributed by atoms with Gasteiger partial charge < -0.3 is 14.6 Å². The van der Waals surface area contributed by atoms with Crippen molar-refractivity contribution in [3.8, 4) is 5.75 Å². The van der Waals surface area contributed by atoms with E-state index in [9.17, 15) is 9.59 Å². The lowest BCUT2D eigenvalue weighted by molar-refractivity contribution is -0.194. The molecule has 6 nitrogen and oxygen atoms in total. The van der Waals surface area contributed by atoms with Gasteiger partial charge in [0.25, 0.3) is 0 Å². The van der Waals surface area contributed by atoms with Gasteiger partial charge in [0.15, 0.2) is 5.60 Å². The van der Waals surface area contributed by atoms with E-state index in [0.29, 0.717) is 12.3 Å². The van der Waals surface area contributed by atoms with Gasteiger partial charge in [0.2, 0.25) is 0 Å². The van der Waals surface area contributed by atoms with Crippen molar-refractivity contribution in [2.45, 2.75) is 18.4 Å². The van der Waals surface area contributed by atoms with Crippen molar-refractivity contribution in [2.24, 2.45) is 5.92 Å². The van der Waals surface area contributed by atoms with Gasteiger partial charge in [-0.2, -0.15) is 0 Å². The third kappa shape index (κ3) is 2.43. The van der Waals surface area contributed by atoms with Crippen molar-refractivity contribution < 1.29 is 24.2 Å². The SMILES string of the molecule is COc1ccc(C2(OC(=O)C(=O)O)CN3CCC2CC3)cc1. The molecule has 3 aliphatic heterocycles. The van der Waals surface area contributed by atoms with Crippen molar-refractivity contribution in [1.82, 2.24) is 4.90 Å². The number of nitrogens with zero attached hydrogens (tertiary/aromatic N) is 1. The van der Waals surface area contributed by atoms with Crippen LogP contribution in [0.1, 0.15) is 18.4 Å². The third-order valence-corrected chi connectivity index (χ3v) is 4.73. The van der Waals surface area contributed by atoms with E-state index in [-0.39, 0.29) is 5.92 Å². The molecule has 22 heavy (non-hydrogen) atoms. The van der Waals surface area contributed by atoms with Crippen LogP contribution < -0.4 is 4.74 Å². The Bertz CT molecular complexity index is 577. The minimum absolute atomic E-state index is 0.147. The molecule has 4 rings (SSSR count). The summed E-state index contributed by atoms with van der Waals surface area (Å²) in [5.41, 5.74) is -0.0459. The van der Waals surface area contributed by atoms with E-state index in [4.69, 9.17) is 14.6 Å². The Kier molecular flexibility index (Phi) is 3.78. The van der Waals surface area contributed by atoms with E-state index in [0.717, 1.165) is 31.5 Å². The molecule has 3 heterocycles. The predicted molar refractivity (Wildman–Crippen MR) is 77.6 cm³/mol. The highest BCUT2D eigenvalue weighted by Crippen LogP contribution is 2.45. The summed E-state index contributed by atoms with van der Waals surface area (Å²) in [7, 11) is 1.59. The Hall–Kier alpha value is -2.08. The minimum atomic E-state index is -1.55. The number of carbonyl (C=O) groups excluding carboxylic acids is 1. The lowest BCUT2D eigenvalue weighted by atomic mass is 9.71. The summed E-state index contributed by atoms with van der Waals surface area (Å²) in [6.07, 6.45) is 1.80. The molecular weight excluding hydrogens is 286 g/mol. The first-order valence-electron chi connectivity index (χ1n) is 7.38. The van der Waals surface area contributed by atoms with Gasteiger partial charge in [-0.25, -0.2) is 9.59 Å². The Labute approximate surface area is 128 Å². The predicted octanol–water partition coefficient (Wildman–Crippen LogP) is 1.24. The average Bonchev–Trinajstić information content (AvgIpc) is 2.55. The van der Waals surface area contributed by atoms with Gasteiger partial charge in [0.1, 0.15) is 5.75 Å². The highest BCUT2D eigenvalue weighted by atomic mass is 16.6. The number of piperidine rings is 3. The Balaban J connectivity index is 1.98. The normalized spacial score (nSPS) is 29.9. The Morgan fingerprint density at radius 1 is 1.23 bits per heavy atom. The van der Waals surface area contributed by atoms with E-state index in [2.05, 4.69) is 4.90 Å². The van der Waals surface area contributed by atoms with Crippen LogP contribution in [0.3, 0.4) is 0 Å². The molecule has 3 fully saturated rings. The van der Waals surface area contributed by atoms with E-state index in [1.807, 2.05) is 24.3 Å². The Morgan fingerprint density at radius 2 is 1.86 bits per heavy atom. The van der Waals surface area contributed by atoms with Crippen molar-refractivity contribution in [3.63, 3.8) is 0 Å². The molecule has 0 radical (unpaired) electrons. The zero-order valence-corrected chi connectivity index (χ0v) is 12.4. The number of carboxylic acid groups (broad SMARTS) is 1. The number of fused-ring (bicyclic) bond motifs is 3. The molecule has 0 aromatic heterocycles. The van der Waals surface area contributed by atoms with Crippen LogP contribution in [-0.4, -0.2) is 48.7 Å². The fourth-order valence-corrected chi connectivity index (χ4v) is 3.60. The molecular formula is C16H19NO5. The maximum Gasteiger partial charge on any atom is 0.418 e. The zero-order chi connectivity index (χ0) is 15.7. The van der Waals surface area contributed by atoms with Gasteiger partial charge in [0, 0.05) is 12.5 Å². The second-order valence-corrected chi connectivity index (χ2v) is 5.86. The molecule has 2 bridgehead atoms. The topological polar surface area (TPSA) is 76.1 Å². The van der Waals surface area contributed by atoms with Gasteiger partial charge in [-0.15, -0.1) is 0 Å². The van der Waals surface area contributed by atoms with Gasteiger partial charge in [-0.05, 0) is 43.6 Å². The van der Waals surface area contributed by atoms with E-state index in [1.54, 1.807) is 7.11 Å². The molecule has 1 atom stereocenters. The second kappa shape index (κ2) is 5.61. The van der Waals surface area contributed by atoms with Gasteiger partial charge in [-0.3, -0.25) is 4.90 Å². The summed E-state index contributed by atoms with van der Waals surface area (Å²) in [6, 6.07) is 7.33. The second-order valence-electron chi connectivity index (χ2n) is 5.86. The molecule has 1 aromatic rings. The van der Waals surface area contributed by atoms with Crippen molar-refractivity contribution in [3.05, 3.63) is 29.8 Å². The van der Waals surface area contributed by atoms with E-state index < -0.39 is 17.5 Å². The minimum Gasteiger partial charge on any atom is -0.497 e. The smallest absolute Gasteiger partial charge is 0.418 e. The van der Waals surface area contributed by atoms with Crippen LogP contribution in [0, 0.1) is 5.92 Å². The largest absolute Gasteiger partial charge is 0.497 e. The fourth-order valence-electron chi connectivity index (χ4n) is 3.60. The molecule has 0 amide bonds. The molecule has 0 aliphatic carbocycles. The van der Waals surface area contributed by atoms with Gasteiger partial charge in [-0.1, -0.05) is 12.1 Å². The zero-order valence-electron chi connectivity index (χ0n) is 12.4. The molecule has 0 spiro atoms. The summed E-state index contributed by atoms with van der Waals surface area (Å²) in [5, 5.41) is 8.92. The van der Waals surface area contributed by atoms with Crippen molar-refractivity contribution >= 4 is 11.9 Å². The number of benzene rings is 1. The maximum atomic E-state index is 11.7. The highest BCUT2D eigenvalue weighted by Gasteiger charge is 2.51. The first-order valence-corrected chi connectivity index (χ1v) is 7.38. The van der Waals surface area contributed by atoms with Crippen molar-refractivity contribution in [2.75, 3.05) is 26.7 Å². The van der Waals surface area contributed by atoms with Gasteiger partial charge in [0.05, 0.1) is 7.11 Å². The van der Waals surface area contributed by atoms with Crippen LogP contribution in [0.25, 0.3) is 0 Å². The molecule has 118 valence electrons. The molecule has 1 unspecified atom stereocenters. The van der Waals surface area contributed by atoms with E-state index >= 15 is 0 Å². The number of esters is 1. The number of aliphatic carboxylic acids is 1. The number of methoxy groups -OCH3 is 1. The number of carbonyl (C=O) groups is 2.